The third-order valence-electron chi connectivity index (χ3n) is 5.22. The number of hydrogen-bond acceptors (Lipinski definition) is 6. The van der Waals surface area contributed by atoms with Gasteiger partial charge in [0, 0.05) is 28.6 Å². The number of aromatic nitrogens is 2. The van der Waals surface area contributed by atoms with Crippen molar-refractivity contribution in [1.82, 2.24) is 10.1 Å². The van der Waals surface area contributed by atoms with Crippen LogP contribution in [0.25, 0.3) is 10.9 Å². The zero-order valence-electron chi connectivity index (χ0n) is 19.5. The molecule has 0 aliphatic heterocycles. The highest BCUT2D eigenvalue weighted by atomic mass is 16.5. The summed E-state index contributed by atoms with van der Waals surface area (Å²) in [5.41, 5.74) is 2.12. The Kier molecular flexibility index (Phi) is 6.32. The van der Waals surface area contributed by atoms with E-state index in [1.54, 1.807) is 43.5 Å². The second-order valence-electron chi connectivity index (χ2n) is 8.93. The summed E-state index contributed by atoms with van der Waals surface area (Å²) < 4.78 is 10.7. The first kappa shape index (κ1) is 23.0. The number of carbonyl (C=O) groups excluding carboxylic acids is 2. The molecule has 0 aliphatic carbocycles. The van der Waals surface area contributed by atoms with Gasteiger partial charge in [0.05, 0.1) is 19.0 Å². The van der Waals surface area contributed by atoms with Gasteiger partial charge in [0.1, 0.15) is 17.2 Å². The molecule has 2 aromatic heterocycles. The number of anilines is 2. The molecule has 0 saturated heterocycles. The second-order valence-corrected chi connectivity index (χ2v) is 8.93. The Morgan fingerprint density at radius 1 is 1.00 bits per heavy atom. The third kappa shape index (κ3) is 5.23. The van der Waals surface area contributed by atoms with E-state index in [-0.39, 0.29) is 29.3 Å². The van der Waals surface area contributed by atoms with E-state index >= 15 is 0 Å². The molecule has 8 heteroatoms. The van der Waals surface area contributed by atoms with E-state index in [4.69, 9.17) is 9.26 Å². The number of ether oxygens (including phenoxy) is 1. The van der Waals surface area contributed by atoms with Crippen LogP contribution < -0.4 is 15.4 Å². The van der Waals surface area contributed by atoms with Gasteiger partial charge < -0.3 is 19.9 Å². The SMILES string of the molecule is COc1cc(C(=O)Nc2ccc(CC(=O)Nc3cc(C(C)(C)C)on3)cc2)nc2ccccc12. The molecular weight excluding hydrogens is 432 g/mol. The highest BCUT2D eigenvalue weighted by molar-refractivity contribution is 6.05. The van der Waals surface area contributed by atoms with Gasteiger partial charge in [-0.25, -0.2) is 4.98 Å². The summed E-state index contributed by atoms with van der Waals surface area (Å²) in [5, 5.41) is 10.3. The van der Waals surface area contributed by atoms with E-state index in [0.717, 1.165) is 10.9 Å². The van der Waals surface area contributed by atoms with Crippen LogP contribution in [0.3, 0.4) is 0 Å². The lowest BCUT2D eigenvalue weighted by Gasteiger charge is -2.12. The van der Waals surface area contributed by atoms with Crippen LogP contribution in [-0.2, 0) is 16.6 Å². The van der Waals surface area contributed by atoms with Crippen molar-refractivity contribution in [2.24, 2.45) is 0 Å². The summed E-state index contributed by atoms with van der Waals surface area (Å²) in [6.45, 7) is 6.02. The highest BCUT2D eigenvalue weighted by Gasteiger charge is 2.20. The molecule has 0 unspecified atom stereocenters. The maximum atomic E-state index is 12.8. The number of fused-ring (bicyclic) bond motifs is 1. The lowest BCUT2D eigenvalue weighted by molar-refractivity contribution is -0.115. The molecule has 2 aromatic carbocycles. The number of para-hydroxylation sites is 1. The van der Waals surface area contributed by atoms with Gasteiger partial charge in [0.15, 0.2) is 5.82 Å². The molecule has 0 aliphatic rings. The van der Waals surface area contributed by atoms with Crippen molar-refractivity contribution in [3.05, 3.63) is 77.7 Å². The van der Waals surface area contributed by atoms with Crippen LogP contribution in [0.4, 0.5) is 11.5 Å². The Morgan fingerprint density at radius 2 is 1.74 bits per heavy atom. The minimum atomic E-state index is -0.352. The lowest BCUT2D eigenvalue weighted by Crippen LogP contribution is -2.15. The lowest BCUT2D eigenvalue weighted by atomic mass is 9.93. The molecule has 4 aromatic rings. The van der Waals surface area contributed by atoms with Crippen LogP contribution in [0.5, 0.6) is 5.75 Å². The van der Waals surface area contributed by atoms with E-state index in [1.807, 2.05) is 45.0 Å². The predicted molar refractivity (Wildman–Crippen MR) is 130 cm³/mol. The maximum Gasteiger partial charge on any atom is 0.274 e. The van der Waals surface area contributed by atoms with Crippen molar-refractivity contribution in [3.63, 3.8) is 0 Å². The summed E-state index contributed by atoms with van der Waals surface area (Å²) in [5.74, 6) is 1.10. The molecule has 34 heavy (non-hydrogen) atoms. The van der Waals surface area contributed by atoms with Gasteiger partial charge in [0.2, 0.25) is 5.91 Å². The molecule has 0 radical (unpaired) electrons. The van der Waals surface area contributed by atoms with Gasteiger partial charge in [-0.15, -0.1) is 0 Å². The van der Waals surface area contributed by atoms with Crippen molar-refractivity contribution in [1.29, 1.82) is 0 Å². The molecule has 174 valence electrons. The second kappa shape index (κ2) is 9.35. The number of amides is 2. The quantitative estimate of drug-likeness (QED) is 0.423. The first-order chi connectivity index (χ1) is 16.2. The van der Waals surface area contributed by atoms with Crippen LogP contribution >= 0.6 is 0 Å². The summed E-state index contributed by atoms with van der Waals surface area (Å²) >= 11 is 0. The molecule has 0 spiro atoms. The number of nitrogens with zero attached hydrogens (tertiary/aromatic N) is 2. The van der Waals surface area contributed by atoms with E-state index < -0.39 is 0 Å². The van der Waals surface area contributed by atoms with Gasteiger partial charge in [-0.1, -0.05) is 50.2 Å². The van der Waals surface area contributed by atoms with Gasteiger partial charge in [0.25, 0.3) is 5.91 Å². The largest absolute Gasteiger partial charge is 0.496 e. The van der Waals surface area contributed by atoms with Gasteiger partial charge in [-0.05, 0) is 29.8 Å². The standard InChI is InChI=1S/C26H26N4O4/c1-26(2,3)22-15-23(30-34-22)29-24(31)13-16-9-11-17(12-10-16)27-25(32)20-14-21(33-4)18-7-5-6-8-19(18)28-20/h5-12,14-15H,13H2,1-4H3,(H,27,32)(H,29,30,31). The average Bonchev–Trinajstić information content (AvgIpc) is 3.28. The Labute approximate surface area is 197 Å². The van der Waals surface area contributed by atoms with Crippen LogP contribution in [0.2, 0.25) is 0 Å². The molecule has 0 fully saturated rings. The van der Waals surface area contributed by atoms with Crippen molar-refractivity contribution in [3.8, 4) is 5.75 Å². The minimum absolute atomic E-state index is 0.162. The summed E-state index contributed by atoms with van der Waals surface area (Å²) in [6.07, 6.45) is 0.162. The van der Waals surface area contributed by atoms with E-state index in [1.165, 1.54) is 0 Å². The molecule has 0 bridgehead atoms. The normalized spacial score (nSPS) is 11.3. The fourth-order valence-electron chi connectivity index (χ4n) is 3.39. The van der Waals surface area contributed by atoms with E-state index in [2.05, 4.69) is 20.8 Å². The van der Waals surface area contributed by atoms with Crippen molar-refractivity contribution in [2.45, 2.75) is 32.6 Å². The smallest absolute Gasteiger partial charge is 0.274 e. The molecule has 2 heterocycles. The van der Waals surface area contributed by atoms with Crippen molar-refractivity contribution in [2.75, 3.05) is 17.7 Å². The summed E-state index contributed by atoms with van der Waals surface area (Å²) in [4.78, 5) is 29.6. The number of benzene rings is 2. The van der Waals surface area contributed by atoms with Crippen LogP contribution in [0.15, 0.2) is 65.2 Å². The topological polar surface area (TPSA) is 106 Å². The van der Waals surface area contributed by atoms with Crippen LogP contribution in [-0.4, -0.2) is 29.1 Å². The molecule has 0 saturated carbocycles. The monoisotopic (exact) mass is 458 g/mol. The molecule has 2 amide bonds. The molecule has 4 rings (SSSR count). The first-order valence-corrected chi connectivity index (χ1v) is 10.8. The number of pyridine rings is 1. The number of carbonyl (C=O) groups is 2. The Hall–Kier alpha value is -4.20. The van der Waals surface area contributed by atoms with E-state index in [9.17, 15) is 9.59 Å². The highest BCUT2D eigenvalue weighted by Crippen LogP contribution is 2.26. The number of nitrogens with one attached hydrogen (secondary N) is 2. The average molecular weight is 459 g/mol. The summed E-state index contributed by atoms with van der Waals surface area (Å²) in [7, 11) is 1.56. The number of rotatable bonds is 6. The minimum Gasteiger partial charge on any atom is -0.496 e. The first-order valence-electron chi connectivity index (χ1n) is 10.8. The zero-order valence-corrected chi connectivity index (χ0v) is 19.5. The molecule has 8 nitrogen and oxygen atoms in total. The Morgan fingerprint density at radius 3 is 2.41 bits per heavy atom. The fraction of sp³-hybridized carbons (Fsp3) is 0.231. The van der Waals surface area contributed by atoms with Gasteiger partial charge in [-0.3, -0.25) is 9.59 Å². The number of hydrogen-bond donors (Lipinski definition) is 2. The Bertz CT molecular complexity index is 1340. The zero-order chi connectivity index (χ0) is 24.3. The summed E-state index contributed by atoms with van der Waals surface area (Å²) in [6, 6.07) is 17.9. The maximum absolute atomic E-state index is 12.8. The third-order valence-corrected chi connectivity index (χ3v) is 5.22. The fourth-order valence-corrected chi connectivity index (χ4v) is 3.39. The van der Waals surface area contributed by atoms with Gasteiger partial charge >= 0.3 is 0 Å². The molecule has 0 atom stereocenters. The van der Waals surface area contributed by atoms with E-state index in [0.29, 0.717) is 28.5 Å². The van der Waals surface area contributed by atoms with Crippen LogP contribution in [0, 0.1) is 0 Å². The Balaban J connectivity index is 1.39. The van der Waals surface area contributed by atoms with Crippen molar-refractivity contribution >= 4 is 34.2 Å². The predicted octanol–water partition coefficient (Wildman–Crippen LogP) is 4.96. The van der Waals surface area contributed by atoms with Crippen molar-refractivity contribution < 1.29 is 18.8 Å². The molecule has 2 N–H and O–H groups in total. The molecular formula is C26H26N4O4. The van der Waals surface area contributed by atoms with Crippen LogP contribution in [0.1, 0.15) is 42.6 Å². The number of methoxy groups -OCH3 is 1. The van der Waals surface area contributed by atoms with Gasteiger partial charge in [-0.2, -0.15) is 0 Å².